The van der Waals surface area contributed by atoms with Gasteiger partial charge in [0, 0.05) is 20.0 Å². The maximum atomic E-state index is 12.7. The fourth-order valence-corrected chi connectivity index (χ4v) is 4.65. The Bertz CT molecular complexity index is 934. The summed E-state index contributed by atoms with van der Waals surface area (Å²) in [6, 6.07) is 11.7. The lowest BCUT2D eigenvalue weighted by molar-refractivity contribution is -0.129. The van der Waals surface area contributed by atoms with Gasteiger partial charge in [-0.3, -0.25) is 4.79 Å². The molecule has 2 aromatic rings. The Morgan fingerprint density at radius 3 is 2.56 bits per heavy atom. The molecule has 144 valence electrons. The van der Waals surface area contributed by atoms with Gasteiger partial charge < -0.3 is 9.08 Å². The zero-order valence-corrected chi connectivity index (χ0v) is 16.9. The van der Waals surface area contributed by atoms with Crippen molar-refractivity contribution in [1.82, 2.24) is 4.90 Å². The van der Waals surface area contributed by atoms with Crippen LogP contribution in [0.4, 0.5) is 0 Å². The number of nitrogens with zero attached hydrogens (tertiary/aromatic N) is 1. The molecule has 0 unspecified atom stereocenters. The quantitative estimate of drug-likeness (QED) is 0.646. The van der Waals surface area contributed by atoms with Crippen molar-refractivity contribution in [2.45, 2.75) is 38.1 Å². The van der Waals surface area contributed by atoms with E-state index in [1.807, 2.05) is 6.07 Å². The molecule has 0 bridgehead atoms. The van der Waals surface area contributed by atoms with Crippen molar-refractivity contribution < 1.29 is 17.4 Å². The highest BCUT2D eigenvalue weighted by atomic mass is 35.5. The molecule has 7 heteroatoms. The lowest BCUT2D eigenvalue weighted by Gasteiger charge is -2.21. The molecule has 3 rings (SSSR count). The molecular weight excluding hydrogens is 386 g/mol. The van der Waals surface area contributed by atoms with E-state index in [4.69, 9.17) is 15.8 Å². The van der Waals surface area contributed by atoms with Crippen LogP contribution < -0.4 is 4.18 Å². The van der Waals surface area contributed by atoms with Gasteiger partial charge in [-0.2, -0.15) is 8.42 Å². The summed E-state index contributed by atoms with van der Waals surface area (Å²) >= 11 is 6.07. The summed E-state index contributed by atoms with van der Waals surface area (Å²) in [6.45, 7) is 4.38. The van der Waals surface area contributed by atoms with Crippen LogP contribution in [0.3, 0.4) is 0 Å². The molecule has 0 spiro atoms. The average molecular weight is 408 g/mol. The van der Waals surface area contributed by atoms with Gasteiger partial charge in [0.2, 0.25) is 5.91 Å². The molecule has 2 aromatic carbocycles. The molecule has 1 amide bonds. The van der Waals surface area contributed by atoms with Gasteiger partial charge >= 0.3 is 10.1 Å². The van der Waals surface area contributed by atoms with Crippen molar-refractivity contribution in [3.05, 3.63) is 58.6 Å². The third-order valence-electron chi connectivity index (χ3n) is 4.51. The first kappa shape index (κ1) is 19.7. The highest BCUT2D eigenvalue weighted by Crippen LogP contribution is 2.31. The molecule has 1 saturated carbocycles. The van der Waals surface area contributed by atoms with E-state index in [1.165, 1.54) is 6.07 Å². The molecule has 0 saturated heterocycles. The summed E-state index contributed by atoms with van der Waals surface area (Å²) in [7, 11) is -4.06. The zero-order valence-electron chi connectivity index (χ0n) is 15.3. The molecule has 1 aliphatic carbocycles. The first-order valence-corrected chi connectivity index (χ1v) is 10.6. The number of hydrogen-bond acceptors (Lipinski definition) is 4. The van der Waals surface area contributed by atoms with Crippen LogP contribution in [0.2, 0.25) is 5.02 Å². The van der Waals surface area contributed by atoms with Crippen molar-refractivity contribution >= 4 is 27.6 Å². The van der Waals surface area contributed by atoms with Crippen LogP contribution in [0.5, 0.6) is 5.75 Å². The number of amides is 1. The largest absolute Gasteiger partial charge is 0.379 e. The van der Waals surface area contributed by atoms with Gasteiger partial charge in [0.05, 0.1) is 5.02 Å². The van der Waals surface area contributed by atoms with E-state index in [0.717, 1.165) is 24.9 Å². The molecule has 27 heavy (non-hydrogen) atoms. The third-order valence-corrected chi connectivity index (χ3v) is 6.39. The van der Waals surface area contributed by atoms with Crippen molar-refractivity contribution in [3.8, 4) is 5.75 Å². The van der Waals surface area contributed by atoms with Crippen molar-refractivity contribution in [2.24, 2.45) is 5.92 Å². The van der Waals surface area contributed by atoms with Crippen molar-refractivity contribution in [1.29, 1.82) is 0 Å². The summed E-state index contributed by atoms with van der Waals surface area (Å²) in [4.78, 5) is 13.6. The highest BCUT2D eigenvalue weighted by molar-refractivity contribution is 7.87. The van der Waals surface area contributed by atoms with E-state index in [-0.39, 0.29) is 21.6 Å². The first-order chi connectivity index (χ1) is 12.8. The molecule has 0 atom stereocenters. The minimum Gasteiger partial charge on any atom is -0.379 e. The maximum absolute atomic E-state index is 12.7. The highest BCUT2D eigenvalue weighted by Gasteiger charge is 2.26. The molecule has 1 aliphatic rings. The number of rotatable bonds is 7. The lowest BCUT2D eigenvalue weighted by atomic mass is 10.2. The normalized spacial score (nSPS) is 14.0. The van der Waals surface area contributed by atoms with Crippen LogP contribution in [-0.2, 0) is 21.5 Å². The molecule has 0 aliphatic heterocycles. The Kier molecular flexibility index (Phi) is 5.77. The molecule has 1 fully saturated rings. The van der Waals surface area contributed by atoms with E-state index in [1.54, 1.807) is 49.1 Å². The number of hydrogen-bond donors (Lipinski definition) is 0. The summed E-state index contributed by atoms with van der Waals surface area (Å²) in [6.07, 6.45) is 2.31. The first-order valence-electron chi connectivity index (χ1n) is 8.80. The lowest BCUT2D eigenvalue weighted by Crippen LogP contribution is -2.30. The van der Waals surface area contributed by atoms with E-state index in [9.17, 15) is 13.2 Å². The molecule has 5 nitrogen and oxygen atoms in total. The van der Waals surface area contributed by atoms with E-state index in [2.05, 4.69) is 0 Å². The van der Waals surface area contributed by atoms with Crippen LogP contribution in [-0.4, -0.2) is 25.8 Å². The Labute approximate surface area is 165 Å². The van der Waals surface area contributed by atoms with E-state index < -0.39 is 10.1 Å². The second kappa shape index (κ2) is 7.90. The van der Waals surface area contributed by atoms with Crippen molar-refractivity contribution in [2.75, 3.05) is 6.54 Å². The Balaban J connectivity index is 1.80. The fraction of sp³-hybridized carbons (Fsp3) is 0.350. The van der Waals surface area contributed by atoms with Crippen LogP contribution >= 0.6 is 11.6 Å². The number of aryl methyl sites for hydroxylation is 1. The van der Waals surface area contributed by atoms with Gasteiger partial charge in [-0.1, -0.05) is 35.9 Å². The zero-order chi connectivity index (χ0) is 19.6. The van der Waals surface area contributed by atoms with Gasteiger partial charge in [0.1, 0.15) is 10.6 Å². The van der Waals surface area contributed by atoms with E-state index in [0.29, 0.717) is 18.0 Å². The van der Waals surface area contributed by atoms with E-state index >= 15 is 0 Å². The van der Waals surface area contributed by atoms with Gasteiger partial charge in [-0.25, -0.2) is 0 Å². The topological polar surface area (TPSA) is 63.7 Å². The summed E-state index contributed by atoms with van der Waals surface area (Å²) in [5.74, 6) is 0.784. The predicted molar refractivity (Wildman–Crippen MR) is 104 cm³/mol. The SMILES string of the molecule is CC(=O)N(Cc1cccc(OS(=O)(=O)c2c(C)cccc2Cl)c1)CC1CC1. The molecular formula is C20H22ClNO4S. The van der Waals surface area contributed by atoms with Gasteiger partial charge in [-0.15, -0.1) is 0 Å². The minimum atomic E-state index is -4.06. The predicted octanol–water partition coefficient (Wildman–Crippen LogP) is 4.17. The fourth-order valence-electron chi connectivity index (χ4n) is 2.93. The summed E-state index contributed by atoms with van der Waals surface area (Å²) < 4.78 is 30.6. The third kappa shape index (κ3) is 5.02. The number of halogens is 1. The second-order valence-corrected chi connectivity index (χ2v) is 8.80. The average Bonchev–Trinajstić information content (AvgIpc) is 3.37. The number of benzene rings is 2. The number of carbonyl (C=O) groups excluding carboxylic acids is 1. The minimum absolute atomic E-state index is 0.00698. The standard InChI is InChI=1S/C20H22ClNO4S/c1-14-5-3-8-19(21)20(14)27(24,25)26-18-7-4-6-17(11-18)13-22(15(2)23)12-16-9-10-16/h3-8,11,16H,9-10,12-13H2,1-2H3. The van der Waals surface area contributed by atoms with Crippen LogP contribution in [0, 0.1) is 12.8 Å². The molecule has 0 N–H and O–H groups in total. The van der Waals surface area contributed by atoms with Crippen LogP contribution in [0.15, 0.2) is 47.4 Å². The van der Waals surface area contributed by atoms with Gasteiger partial charge in [0.25, 0.3) is 0 Å². The number of carbonyl (C=O) groups is 1. The van der Waals surface area contributed by atoms with Gasteiger partial charge in [0.15, 0.2) is 0 Å². The smallest absolute Gasteiger partial charge is 0.340 e. The summed E-state index contributed by atoms with van der Waals surface area (Å²) in [5, 5.41) is 0.123. The second-order valence-electron chi connectivity index (χ2n) is 6.91. The summed E-state index contributed by atoms with van der Waals surface area (Å²) in [5.41, 5.74) is 1.33. The van der Waals surface area contributed by atoms with Crippen molar-refractivity contribution in [3.63, 3.8) is 0 Å². The Morgan fingerprint density at radius 2 is 1.93 bits per heavy atom. The van der Waals surface area contributed by atoms with Crippen LogP contribution in [0.25, 0.3) is 0 Å². The van der Waals surface area contributed by atoms with Crippen LogP contribution in [0.1, 0.15) is 30.9 Å². The maximum Gasteiger partial charge on any atom is 0.340 e. The molecule has 0 heterocycles. The molecule has 0 radical (unpaired) electrons. The monoisotopic (exact) mass is 407 g/mol. The molecule has 0 aromatic heterocycles. The Hall–Kier alpha value is -2.05. The van der Waals surface area contributed by atoms with Gasteiger partial charge in [-0.05, 0) is 55.0 Å². The Morgan fingerprint density at radius 1 is 1.22 bits per heavy atom.